The van der Waals surface area contributed by atoms with Crippen LogP contribution in [0.25, 0.3) is 0 Å². The molecule has 4 heteroatoms. The molecule has 0 aliphatic rings. The topological polar surface area (TPSA) is 32.3 Å². The molecule has 0 spiro atoms. The van der Waals surface area contributed by atoms with Crippen molar-refractivity contribution in [1.82, 2.24) is 0 Å². The van der Waals surface area contributed by atoms with Crippen molar-refractivity contribution in [2.75, 3.05) is 17.3 Å². The lowest BCUT2D eigenvalue weighted by atomic mass is 9.83. The fraction of sp³-hybridized carbons (Fsp3) is 0.321. The lowest BCUT2D eigenvalue weighted by Gasteiger charge is -2.36. The fourth-order valence-electron chi connectivity index (χ4n) is 4.23. The van der Waals surface area contributed by atoms with Crippen LogP contribution < -0.4 is 15.4 Å². The summed E-state index contributed by atoms with van der Waals surface area (Å²) in [5.41, 5.74) is 4.48. The van der Waals surface area contributed by atoms with Crippen molar-refractivity contribution < 1.29 is 4.79 Å². The molecule has 0 heterocycles. The van der Waals surface area contributed by atoms with Crippen molar-refractivity contribution in [3.8, 4) is 0 Å². The molecule has 0 aliphatic heterocycles. The molecule has 2 amide bonds. The highest BCUT2D eigenvalue weighted by atomic mass is 28.3. The van der Waals surface area contributed by atoms with E-state index in [1.54, 1.807) is 4.90 Å². The molecule has 168 valence electrons. The predicted octanol–water partition coefficient (Wildman–Crippen LogP) is 6.91. The Morgan fingerprint density at radius 3 is 2.00 bits per heavy atom. The van der Waals surface area contributed by atoms with Crippen LogP contribution in [0.1, 0.15) is 44.4 Å². The van der Waals surface area contributed by atoms with Crippen molar-refractivity contribution in [1.29, 1.82) is 0 Å². The van der Waals surface area contributed by atoms with Crippen molar-refractivity contribution in [3.05, 3.63) is 90.0 Å². The number of urea groups is 1. The van der Waals surface area contributed by atoms with E-state index in [2.05, 4.69) is 94.6 Å². The van der Waals surface area contributed by atoms with Crippen LogP contribution in [0.4, 0.5) is 16.2 Å². The van der Waals surface area contributed by atoms with Gasteiger partial charge < -0.3 is 5.32 Å². The van der Waals surface area contributed by atoms with Crippen LogP contribution in [0.15, 0.2) is 78.9 Å². The van der Waals surface area contributed by atoms with Gasteiger partial charge in [-0.2, -0.15) is 0 Å². The number of para-hydroxylation sites is 2. The van der Waals surface area contributed by atoms with Gasteiger partial charge in [0.15, 0.2) is 0 Å². The third kappa shape index (κ3) is 4.96. The van der Waals surface area contributed by atoms with Crippen molar-refractivity contribution in [2.24, 2.45) is 0 Å². The lowest BCUT2D eigenvalue weighted by Crippen LogP contribution is -2.47. The summed E-state index contributed by atoms with van der Waals surface area (Å²) in [5, 5.41) is 4.48. The fourth-order valence-corrected chi connectivity index (χ4v) is 6.79. The van der Waals surface area contributed by atoms with E-state index in [1.165, 1.54) is 16.3 Å². The van der Waals surface area contributed by atoms with Crippen LogP contribution in [0, 0.1) is 0 Å². The number of carbonyl (C=O) groups is 1. The highest BCUT2D eigenvalue weighted by Gasteiger charge is 2.35. The van der Waals surface area contributed by atoms with Gasteiger partial charge in [-0.1, -0.05) is 113 Å². The Labute approximate surface area is 194 Å². The minimum Gasteiger partial charge on any atom is -0.308 e. The molecule has 32 heavy (non-hydrogen) atoms. The zero-order valence-corrected chi connectivity index (χ0v) is 21.4. The number of hydrogen-bond acceptors (Lipinski definition) is 1. The quantitative estimate of drug-likeness (QED) is 0.426. The smallest absolute Gasteiger partial charge is 0.308 e. The summed E-state index contributed by atoms with van der Waals surface area (Å²) < 4.78 is 0. The van der Waals surface area contributed by atoms with Crippen LogP contribution in [-0.2, 0) is 5.41 Å². The zero-order valence-electron chi connectivity index (χ0n) is 20.4. The lowest BCUT2D eigenvalue weighted by molar-refractivity contribution is 0.258. The summed E-state index contributed by atoms with van der Waals surface area (Å²) in [6, 6.07) is 26.9. The molecular weight excluding hydrogens is 408 g/mol. The van der Waals surface area contributed by atoms with E-state index in [4.69, 9.17) is 0 Å². The van der Waals surface area contributed by atoms with Gasteiger partial charge in [-0.25, -0.2) is 4.79 Å². The van der Waals surface area contributed by atoms with Crippen LogP contribution in [-0.4, -0.2) is 21.2 Å². The van der Waals surface area contributed by atoms with Crippen molar-refractivity contribution in [2.45, 2.75) is 51.7 Å². The Morgan fingerprint density at radius 1 is 0.875 bits per heavy atom. The standard InChI is InChI=1S/C28H36N2OSi/c1-21(32(6,7)23-17-12-9-13-18-23)24-19-14-20-25(28(2,3)4)26(24)30(5)27(31)29-22-15-10-8-11-16-22/h8-21H,1-7H3,(H,29,31). The van der Waals surface area contributed by atoms with Gasteiger partial charge in [0.05, 0.1) is 13.8 Å². The van der Waals surface area contributed by atoms with Gasteiger partial charge in [0, 0.05) is 12.7 Å². The number of nitrogens with one attached hydrogen (secondary N) is 1. The Morgan fingerprint density at radius 2 is 1.44 bits per heavy atom. The van der Waals surface area contributed by atoms with E-state index in [9.17, 15) is 4.79 Å². The summed E-state index contributed by atoms with van der Waals surface area (Å²) in [7, 11) is 0.0349. The van der Waals surface area contributed by atoms with Crippen molar-refractivity contribution in [3.63, 3.8) is 0 Å². The average Bonchev–Trinajstić information content (AvgIpc) is 2.78. The van der Waals surface area contributed by atoms with E-state index >= 15 is 0 Å². The van der Waals surface area contributed by atoms with Gasteiger partial charge in [0.25, 0.3) is 0 Å². The first-order valence-electron chi connectivity index (χ1n) is 11.3. The first-order chi connectivity index (χ1) is 15.0. The average molecular weight is 445 g/mol. The minimum absolute atomic E-state index is 0.0925. The number of carbonyl (C=O) groups excluding carboxylic acids is 1. The Hall–Kier alpha value is -2.85. The molecule has 3 aromatic rings. The van der Waals surface area contributed by atoms with Gasteiger partial charge in [-0.05, 0) is 34.2 Å². The SMILES string of the molecule is CC(c1cccc(C(C)(C)C)c1N(C)C(=O)Nc1ccccc1)[Si](C)(C)c1ccccc1. The zero-order chi connectivity index (χ0) is 23.5. The summed E-state index contributed by atoms with van der Waals surface area (Å²) >= 11 is 0. The number of rotatable bonds is 5. The Kier molecular flexibility index (Phi) is 6.94. The molecule has 1 unspecified atom stereocenters. The summed E-state index contributed by atoms with van der Waals surface area (Å²) in [4.78, 5) is 15.1. The number of hydrogen-bond donors (Lipinski definition) is 1. The molecule has 0 saturated heterocycles. The summed E-state index contributed by atoms with van der Waals surface area (Å²) in [6.45, 7) is 13.8. The maximum atomic E-state index is 13.3. The van der Waals surface area contributed by atoms with Crippen LogP contribution in [0.5, 0.6) is 0 Å². The third-order valence-corrected chi connectivity index (χ3v) is 10.9. The van der Waals surface area contributed by atoms with Gasteiger partial charge in [0.1, 0.15) is 0 Å². The second kappa shape index (κ2) is 9.33. The number of anilines is 2. The largest absolute Gasteiger partial charge is 0.326 e. The van der Waals surface area contributed by atoms with Gasteiger partial charge in [-0.15, -0.1) is 0 Å². The number of benzene rings is 3. The molecule has 3 rings (SSSR count). The molecule has 0 saturated carbocycles. The van der Waals surface area contributed by atoms with E-state index in [-0.39, 0.29) is 11.4 Å². The highest BCUT2D eigenvalue weighted by Crippen LogP contribution is 2.40. The molecule has 0 aromatic heterocycles. The van der Waals surface area contributed by atoms with Crippen LogP contribution in [0.3, 0.4) is 0 Å². The molecule has 0 radical (unpaired) electrons. The van der Waals surface area contributed by atoms with Crippen molar-refractivity contribution >= 4 is 30.7 Å². The molecule has 0 fully saturated rings. The Balaban J connectivity index is 2.08. The maximum absolute atomic E-state index is 13.3. The molecule has 3 nitrogen and oxygen atoms in total. The monoisotopic (exact) mass is 444 g/mol. The third-order valence-electron chi connectivity index (χ3n) is 6.61. The number of nitrogens with zero attached hydrogens (tertiary/aromatic N) is 1. The summed E-state index contributed by atoms with van der Waals surface area (Å²) in [5.74, 6) is 0. The molecule has 1 atom stereocenters. The number of amides is 2. The molecule has 1 N–H and O–H groups in total. The van der Waals surface area contributed by atoms with Gasteiger partial charge >= 0.3 is 6.03 Å². The van der Waals surface area contributed by atoms with E-state index in [0.717, 1.165) is 11.4 Å². The highest BCUT2D eigenvalue weighted by molar-refractivity contribution is 6.90. The predicted molar refractivity (Wildman–Crippen MR) is 141 cm³/mol. The van der Waals surface area contributed by atoms with E-state index in [1.807, 2.05) is 37.4 Å². The minimum atomic E-state index is -1.85. The molecule has 3 aromatic carbocycles. The van der Waals surface area contributed by atoms with E-state index in [0.29, 0.717) is 5.54 Å². The molecule has 0 aliphatic carbocycles. The first-order valence-corrected chi connectivity index (χ1v) is 14.4. The Bertz CT molecular complexity index is 1060. The van der Waals surface area contributed by atoms with Crippen LogP contribution in [0.2, 0.25) is 13.1 Å². The van der Waals surface area contributed by atoms with Gasteiger partial charge in [0.2, 0.25) is 0 Å². The second-order valence-electron chi connectivity index (χ2n) is 10.2. The second-order valence-corrected chi connectivity index (χ2v) is 15.0. The molecular formula is C28H36N2OSi. The normalized spacial score (nSPS) is 12.8. The summed E-state index contributed by atoms with van der Waals surface area (Å²) in [6.07, 6.45) is 0. The maximum Gasteiger partial charge on any atom is 0.326 e. The first kappa shape index (κ1) is 23.8. The van der Waals surface area contributed by atoms with E-state index < -0.39 is 8.07 Å². The molecule has 0 bridgehead atoms. The van der Waals surface area contributed by atoms with Crippen LogP contribution >= 0.6 is 0 Å². The van der Waals surface area contributed by atoms with Gasteiger partial charge in [-0.3, -0.25) is 4.90 Å².